The van der Waals surface area contributed by atoms with Crippen molar-refractivity contribution in [3.8, 4) is 5.75 Å². The summed E-state index contributed by atoms with van der Waals surface area (Å²) in [5, 5.41) is 7.66. The van der Waals surface area contributed by atoms with E-state index in [0.29, 0.717) is 5.56 Å². The number of rotatable bonds is 4. The zero-order valence-electron chi connectivity index (χ0n) is 12.5. The van der Waals surface area contributed by atoms with Crippen LogP contribution in [0.4, 0.5) is 4.79 Å². The van der Waals surface area contributed by atoms with Crippen molar-refractivity contribution >= 4 is 16.1 Å². The number of nitrogens with two attached hydrogens (primary N) is 1. The van der Waals surface area contributed by atoms with Crippen molar-refractivity contribution in [1.29, 1.82) is 0 Å². The lowest BCUT2D eigenvalue weighted by atomic mass is 10.2. The van der Waals surface area contributed by atoms with Gasteiger partial charge in [0, 0.05) is 6.54 Å². The van der Waals surface area contributed by atoms with Crippen molar-refractivity contribution in [3.05, 3.63) is 23.8 Å². The monoisotopic (exact) mass is 316 g/mol. The van der Waals surface area contributed by atoms with Crippen LogP contribution in [0.25, 0.3) is 0 Å². The standard InChI is InChI=1S/C13H20N2O5S/c1-13(2,3)20-12(16)15-8-9-5-6-10(19-4)11(7-9)21(14,17)18/h5-7H,8H2,1-4H3,(H,15,16)(H2,14,17,18). The molecule has 0 aliphatic heterocycles. The number of amides is 1. The van der Waals surface area contributed by atoms with Gasteiger partial charge in [0.25, 0.3) is 0 Å². The lowest BCUT2D eigenvalue weighted by Crippen LogP contribution is -2.32. The van der Waals surface area contributed by atoms with Crippen molar-refractivity contribution in [2.75, 3.05) is 7.11 Å². The Labute approximate surface area is 124 Å². The average Bonchev–Trinajstić information content (AvgIpc) is 2.33. The molecule has 0 aromatic heterocycles. The maximum atomic E-state index is 11.5. The average molecular weight is 316 g/mol. The first-order chi connectivity index (χ1) is 9.53. The first-order valence-corrected chi connectivity index (χ1v) is 7.74. The summed E-state index contributed by atoms with van der Waals surface area (Å²) in [6.45, 7) is 5.36. The molecule has 0 atom stereocenters. The van der Waals surface area contributed by atoms with E-state index >= 15 is 0 Å². The fourth-order valence-electron chi connectivity index (χ4n) is 1.54. The van der Waals surface area contributed by atoms with Crippen LogP contribution in [0, 0.1) is 0 Å². The van der Waals surface area contributed by atoms with Gasteiger partial charge in [-0.1, -0.05) is 6.07 Å². The molecule has 3 N–H and O–H groups in total. The molecule has 0 aliphatic rings. The minimum atomic E-state index is -3.90. The molecule has 1 rings (SSSR count). The van der Waals surface area contributed by atoms with Gasteiger partial charge in [0.15, 0.2) is 0 Å². The third kappa shape index (κ3) is 5.60. The predicted octanol–water partition coefficient (Wildman–Crippen LogP) is 1.37. The summed E-state index contributed by atoms with van der Waals surface area (Å²) in [5.74, 6) is 0.151. The highest BCUT2D eigenvalue weighted by Crippen LogP contribution is 2.23. The number of methoxy groups -OCH3 is 1. The Balaban J connectivity index is 2.85. The largest absolute Gasteiger partial charge is 0.495 e. The fraction of sp³-hybridized carbons (Fsp3) is 0.462. The van der Waals surface area contributed by atoms with Crippen LogP contribution in [0.5, 0.6) is 5.75 Å². The number of sulfonamides is 1. The summed E-state index contributed by atoms with van der Waals surface area (Å²) < 4.78 is 33.0. The summed E-state index contributed by atoms with van der Waals surface area (Å²) in [5.41, 5.74) is -0.0406. The Bertz CT molecular complexity index is 620. The number of benzene rings is 1. The summed E-state index contributed by atoms with van der Waals surface area (Å²) in [6, 6.07) is 4.46. The van der Waals surface area contributed by atoms with Crippen LogP contribution in [0.15, 0.2) is 23.1 Å². The van der Waals surface area contributed by atoms with Crippen molar-refractivity contribution in [3.63, 3.8) is 0 Å². The van der Waals surface area contributed by atoms with Crippen LogP contribution in [-0.2, 0) is 21.3 Å². The highest BCUT2D eigenvalue weighted by molar-refractivity contribution is 7.89. The quantitative estimate of drug-likeness (QED) is 0.872. The van der Waals surface area contributed by atoms with Gasteiger partial charge in [-0.15, -0.1) is 0 Å². The van der Waals surface area contributed by atoms with E-state index < -0.39 is 21.7 Å². The van der Waals surface area contributed by atoms with Crippen LogP contribution < -0.4 is 15.2 Å². The summed E-state index contributed by atoms with van der Waals surface area (Å²) in [6.07, 6.45) is -0.588. The van der Waals surface area contributed by atoms with Crippen LogP contribution in [0.2, 0.25) is 0 Å². The molecule has 0 saturated carbocycles. The van der Waals surface area contributed by atoms with Gasteiger partial charge in [-0.25, -0.2) is 18.4 Å². The topological polar surface area (TPSA) is 108 Å². The molecule has 118 valence electrons. The Morgan fingerprint density at radius 3 is 2.43 bits per heavy atom. The first-order valence-electron chi connectivity index (χ1n) is 6.19. The van der Waals surface area contributed by atoms with Gasteiger partial charge < -0.3 is 14.8 Å². The summed E-state index contributed by atoms with van der Waals surface area (Å²) in [4.78, 5) is 11.4. The number of hydrogen-bond donors (Lipinski definition) is 2. The van der Waals surface area contributed by atoms with Gasteiger partial charge in [0.2, 0.25) is 10.0 Å². The first kappa shape index (κ1) is 17.3. The number of primary sulfonamides is 1. The lowest BCUT2D eigenvalue weighted by Gasteiger charge is -2.19. The van der Waals surface area contributed by atoms with Gasteiger partial charge in [-0.05, 0) is 38.5 Å². The normalized spacial score (nSPS) is 11.9. The molecule has 0 unspecified atom stereocenters. The van der Waals surface area contributed by atoms with E-state index in [4.69, 9.17) is 14.6 Å². The highest BCUT2D eigenvalue weighted by atomic mass is 32.2. The number of ether oxygens (including phenoxy) is 2. The van der Waals surface area contributed by atoms with E-state index in [1.807, 2.05) is 0 Å². The van der Waals surface area contributed by atoms with Crippen LogP contribution in [0.1, 0.15) is 26.3 Å². The molecule has 0 radical (unpaired) electrons. The third-order valence-electron chi connectivity index (χ3n) is 2.37. The lowest BCUT2D eigenvalue weighted by molar-refractivity contribution is 0.0523. The molecule has 0 spiro atoms. The molecule has 1 aromatic carbocycles. The zero-order chi connectivity index (χ0) is 16.3. The fourth-order valence-corrected chi connectivity index (χ4v) is 2.29. The Hall–Kier alpha value is -1.80. The Morgan fingerprint density at radius 1 is 1.33 bits per heavy atom. The van der Waals surface area contributed by atoms with Gasteiger partial charge in [0.1, 0.15) is 16.2 Å². The van der Waals surface area contributed by atoms with E-state index in [1.165, 1.54) is 19.2 Å². The molecule has 8 heteroatoms. The predicted molar refractivity (Wildman–Crippen MR) is 77.4 cm³/mol. The highest BCUT2D eigenvalue weighted by Gasteiger charge is 2.18. The van der Waals surface area contributed by atoms with Gasteiger partial charge in [0.05, 0.1) is 7.11 Å². The van der Waals surface area contributed by atoms with Gasteiger partial charge in [-0.2, -0.15) is 0 Å². The number of nitrogens with one attached hydrogen (secondary N) is 1. The van der Waals surface area contributed by atoms with E-state index in [0.717, 1.165) is 0 Å². The summed E-state index contributed by atoms with van der Waals surface area (Å²) in [7, 11) is -2.55. The smallest absolute Gasteiger partial charge is 0.407 e. The molecule has 1 aromatic rings. The van der Waals surface area contributed by atoms with Crippen molar-refractivity contribution in [1.82, 2.24) is 5.32 Å². The van der Waals surface area contributed by atoms with Crippen molar-refractivity contribution < 1.29 is 22.7 Å². The van der Waals surface area contributed by atoms with Crippen LogP contribution in [-0.4, -0.2) is 27.2 Å². The summed E-state index contributed by atoms with van der Waals surface area (Å²) >= 11 is 0. The molecule has 0 saturated heterocycles. The second-order valence-electron chi connectivity index (χ2n) is 5.39. The molecular weight excluding hydrogens is 296 g/mol. The molecule has 0 fully saturated rings. The van der Waals surface area contributed by atoms with Crippen molar-refractivity contribution in [2.45, 2.75) is 37.8 Å². The maximum Gasteiger partial charge on any atom is 0.407 e. The van der Waals surface area contributed by atoms with E-state index in [1.54, 1.807) is 26.8 Å². The van der Waals surface area contributed by atoms with E-state index in [-0.39, 0.29) is 17.2 Å². The second kappa shape index (κ2) is 6.31. The second-order valence-corrected chi connectivity index (χ2v) is 6.92. The molecule has 1 amide bonds. The van der Waals surface area contributed by atoms with E-state index in [2.05, 4.69) is 5.32 Å². The number of carbonyl (C=O) groups excluding carboxylic acids is 1. The Morgan fingerprint density at radius 2 is 1.95 bits per heavy atom. The minimum absolute atomic E-state index is 0.113. The number of hydrogen-bond acceptors (Lipinski definition) is 5. The molecule has 21 heavy (non-hydrogen) atoms. The molecule has 0 bridgehead atoms. The molecule has 0 aliphatic carbocycles. The van der Waals surface area contributed by atoms with Crippen molar-refractivity contribution in [2.24, 2.45) is 5.14 Å². The Kier molecular flexibility index (Phi) is 5.19. The molecular formula is C13H20N2O5S. The number of carbonyl (C=O) groups is 1. The zero-order valence-corrected chi connectivity index (χ0v) is 13.3. The van der Waals surface area contributed by atoms with E-state index in [9.17, 15) is 13.2 Å². The third-order valence-corrected chi connectivity index (χ3v) is 3.30. The molecule has 7 nitrogen and oxygen atoms in total. The number of alkyl carbamates (subject to hydrolysis) is 1. The van der Waals surface area contributed by atoms with Gasteiger partial charge in [-0.3, -0.25) is 0 Å². The van der Waals surface area contributed by atoms with Crippen LogP contribution >= 0.6 is 0 Å². The van der Waals surface area contributed by atoms with Gasteiger partial charge >= 0.3 is 6.09 Å². The SMILES string of the molecule is COc1ccc(CNC(=O)OC(C)(C)C)cc1S(N)(=O)=O. The minimum Gasteiger partial charge on any atom is -0.495 e. The molecule has 0 heterocycles. The maximum absolute atomic E-state index is 11.5. The van der Waals surface area contributed by atoms with Crippen LogP contribution in [0.3, 0.4) is 0 Å².